The molecule has 0 saturated carbocycles. The van der Waals surface area contributed by atoms with Crippen LogP contribution in [0.4, 0.5) is 0 Å². The number of rotatable bonds is 4. The molecule has 2 heterocycles. The second-order valence-electron chi connectivity index (χ2n) is 10.7. The van der Waals surface area contributed by atoms with Crippen LogP contribution < -0.4 is 16.4 Å². The minimum absolute atomic E-state index is 0.270. The normalized spacial score (nSPS) is 11.9. The average Bonchev–Trinajstić information content (AvgIpc) is 3.56. The van der Waals surface area contributed by atoms with Crippen LogP contribution in [0.3, 0.4) is 0 Å². The Bertz CT molecular complexity index is 1780. The Morgan fingerprint density at radius 2 is 1.21 bits per heavy atom. The summed E-state index contributed by atoms with van der Waals surface area (Å²) in [5.74, 6) is 0.961. The quantitative estimate of drug-likeness (QED) is 0.248. The summed E-state index contributed by atoms with van der Waals surface area (Å²) in [4.78, 5) is 4.77. The fourth-order valence-electron chi connectivity index (χ4n) is 6.47. The number of hydrogen-bond donors (Lipinski definition) is 0. The zero-order valence-corrected chi connectivity index (χ0v) is 22.5. The fraction of sp³-hybridized carbons (Fsp3) is 0.0833. The lowest BCUT2D eigenvalue weighted by atomic mass is 9.39. The highest BCUT2D eigenvalue weighted by Crippen LogP contribution is 2.30. The SMILES string of the molecule is Cc1cc(C)c(-n2ccnc2-c2cccc(-c3ccc(B4c5ccccc5-c5ccccc54)cc3)c2)c(C)c1. The average molecular weight is 500 g/mol. The zero-order valence-electron chi connectivity index (χ0n) is 22.5. The third kappa shape index (κ3) is 3.93. The molecule has 2 nitrogen and oxygen atoms in total. The molecule has 39 heavy (non-hydrogen) atoms. The number of hydrogen-bond acceptors (Lipinski definition) is 1. The molecule has 0 N–H and O–H groups in total. The van der Waals surface area contributed by atoms with Crippen molar-refractivity contribution in [1.82, 2.24) is 9.55 Å². The van der Waals surface area contributed by atoms with Crippen molar-refractivity contribution in [3.05, 3.63) is 138 Å². The van der Waals surface area contributed by atoms with E-state index in [1.807, 2.05) is 6.20 Å². The number of benzene rings is 5. The molecule has 3 heteroatoms. The molecule has 1 aliphatic heterocycles. The van der Waals surface area contributed by atoms with Gasteiger partial charge in [-0.25, -0.2) is 4.98 Å². The van der Waals surface area contributed by atoms with Gasteiger partial charge >= 0.3 is 0 Å². The van der Waals surface area contributed by atoms with Gasteiger partial charge in [0.15, 0.2) is 0 Å². The van der Waals surface area contributed by atoms with Crippen molar-refractivity contribution in [2.24, 2.45) is 0 Å². The maximum Gasteiger partial charge on any atom is 0.242 e. The van der Waals surface area contributed by atoms with Gasteiger partial charge in [-0.2, -0.15) is 0 Å². The van der Waals surface area contributed by atoms with Crippen LogP contribution in [0.5, 0.6) is 0 Å². The van der Waals surface area contributed by atoms with Gasteiger partial charge in [0, 0.05) is 18.0 Å². The highest BCUT2D eigenvalue weighted by Gasteiger charge is 2.32. The summed E-state index contributed by atoms with van der Waals surface area (Å²) in [5.41, 5.74) is 15.3. The molecule has 0 unspecified atom stereocenters. The smallest absolute Gasteiger partial charge is 0.242 e. The van der Waals surface area contributed by atoms with E-state index < -0.39 is 0 Å². The van der Waals surface area contributed by atoms with Gasteiger partial charge in [0.1, 0.15) is 5.82 Å². The summed E-state index contributed by atoms with van der Waals surface area (Å²) >= 11 is 0. The largest absolute Gasteiger partial charge is 0.299 e. The summed E-state index contributed by atoms with van der Waals surface area (Å²) < 4.78 is 2.22. The Balaban J connectivity index is 1.25. The van der Waals surface area contributed by atoms with Crippen molar-refractivity contribution in [2.75, 3.05) is 0 Å². The van der Waals surface area contributed by atoms with Crippen molar-refractivity contribution in [3.63, 3.8) is 0 Å². The first-order chi connectivity index (χ1) is 19.1. The topological polar surface area (TPSA) is 17.8 Å². The standard InChI is InChI=1S/C36H29BN2/c1-24-21-25(2)35(26(3)22-24)39-20-19-38-36(39)29-10-8-9-28(23-29)27-15-17-30(18-16-27)37-33-13-6-4-11-31(33)32-12-5-7-14-34(32)37/h4-23H,1-3H3. The van der Waals surface area contributed by atoms with Gasteiger partial charge in [-0.1, -0.05) is 125 Å². The summed E-state index contributed by atoms with van der Waals surface area (Å²) in [6, 6.07) is 40.0. The second kappa shape index (κ2) is 9.29. The maximum absolute atomic E-state index is 4.77. The molecule has 0 atom stereocenters. The summed E-state index contributed by atoms with van der Waals surface area (Å²) in [5, 5.41) is 0. The number of nitrogens with zero attached hydrogens (tertiary/aromatic N) is 2. The Labute approximate surface area is 230 Å². The molecule has 186 valence electrons. The molecule has 0 fully saturated rings. The Hall–Kier alpha value is -4.63. The number of fused-ring (bicyclic) bond motifs is 3. The molecule has 6 aromatic rings. The second-order valence-corrected chi connectivity index (χ2v) is 10.7. The van der Waals surface area contributed by atoms with E-state index in [0.29, 0.717) is 0 Å². The van der Waals surface area contributed by atoms with Crippen LogP contribution in [0, 0.1) is 20.8 Å². The molecule has 0 aliphatic carbocycles. The highest BCUT2D eigenvalue weighted by molar-refractivity contribution is 6.99. The lowest BCUT2D eigenvalue weighted by Crippen LogP contribution is -2.48. The van der Waals surface area contributed by atoms with Gasteiger partial charge in [0.25, 0.3) is 0 Å². The summed E-state index contributed by atoms with van der Waals surface area (Å²) in [6.07, 6.45) is 3.96. The van der Waals surface area contributed by atoms with Crippen LogP contribution in [-0.4, -0.2) is 16.3 Å². The van der Waals surface area contributed by atoms with Gasteiger partial charge < -0.3 is 0 Å². The van der Waals surface area contributed by atoms with Crippen LogP contribution in [0.25, 0.3) is 39.3 Å². The molecule has 0 amide bonds. The van der Waals surface area contributed by atoms with Gasteiger partial charge in [0.2, 0.25) is 6.71 Å². The summed E-state index contributed by atoms with van der Waals surface area (Å²) in [6.45, 7) is 6.78. The number of imidazole rings is 1. The molecule has 0 bridgehead atoms. The first-order valence-electron chi connectivity index (χ1n) is 13.6. The predicted molar refractivity (Wildman–Crippen MR) is 165 cm³/mol. The minimum atomic E-state index is 0.270. The monoisotopic (exact) mass is 500 g/mol. The van der Waals surface area contributed by atoms with Crippen molar-refractivity contribution in [3.8, 4) is 39.3 Å². The third-order valence-corrected chi connectivity index (χ3v) is 8.05. The first-order valence-corrected chi connectivity index (χ1v) is 13.6. The van der Waals surface area contributed by atoms with E-state index in [4.69, 9.17) is 4.98 Å². The number of aryl methyl sites for hydroxylation is 3. The van der Waals surface area contributed by atoms with Crippen LogP contribution >= 0.6 is 0 Å². The number of aromatic nitrogens is 2. The molecule has 1 aromatic heterocycles. The van der Waals surface area contributed by atoms with E-state index in [-0.39, 0.29) is 6.71 Å². The lowest BCUT2D eigenvalue weighted by Gasteiger charge is -2.16. The van der Waals surface area contributed by atoms with E-state index in [1.54, 1.807) is 0 Å². The van der Waals surface area contributed by atoms with Crippen LogP contribution in [0.1, 0.15) is 16.7 Å². The van der Waals surface area contributed by atoms with Gasteiger partial charge in [0.05, 0.1) is 5.69 Å². The van der Waals surface area contributed by atoms with Gasteiger partial charge in [-0.05, 0) is 60.2 Å². The van der Waals surface area contributed by atoms with Crippen molar-refractivity contribution in [1.29, 1.82) is 0 Å². The van der Waals surface area contributed by atoms with Crippen molar-refractivity contribution < 1.29 is 0 Å². The molecule has 5 aromatic carbocycles. The van der Waals surface area contributed by atoms with Crippen molar-refractivity contribution >= 4 is 23.1 Å². The van der Waals surface area contributed by atoms with E-state index in [0.717, 1.165) is 11.4 Å². The molecule has 0 saturated heterocycles. The molecule has 0 radical (unpaired) electrons. The zero-order chi connectivity index (χ0) is 26.5. The highest BCUT2D eigenvalue weighted by atomic mass is 15.1. The third-order valence-electron chi connectivity index (χ3n) is 8.05. The van der Waals surface area contributed by atoms with E-state index in [9.17, 15) is 0 Å². The molecular weight excluding hydrogens is 471 g/mol. The van der Waals surface area contributed by atoms with E-state index in [1.165, 1.54) is 61.0 Å². The molecule has 0 spiro atoms. The lowest BCUT2D eigenvalue weighted by molar-refractivity contribution is 1.03. The molecule has 1 aliphatic rings. The maximum atomic E-state index is 4.77. The van der Waals surface area contributed by atoms with Gasteiger partial charge in [-0.15, -0.1) is 0 Å². The fourth-order valence-corrected chi connectivity index (χ4v) is 6.47. The predicted octanol–water partition coefficient (Wildman–Crippen LogP) is 6.63. The Morgan fingerprint density at radius 1 is 0.590 bits per heavy atom. The Kier molecular flexibility index (Phi) is 5.59. The van der Waals surface area contributed by atoms with Crippen LogP contribution in [0.15, 0.2) is 122 Å². The van der Waals surface area contributed by atoms with E-state index in [2.05, 4.69) is 141 Å². The minimum Gasteiger partial charge on any atom is -0.299 e. The molecule has 7 rings (SSSR count). The first kappa shape index (κ1) is 23.5. The van der Waals surface area contributed by atoms with Crippen LogP contribution in [0.2, 0.25) is 0 Å². The Morgan fingerprint density at radius 3 is 1.87 bits per heavy atom. The van der Waals surface area contributed by atoms with Crippen LogP contribution in [-0.2, 0) is 0 Å². The van der Waals surface area contributed by atoms with Gasteiger partial charge in [-0.3, -0.25) is 4.57 Å². The summed E-state index contributed by atoms with van der Waals surface area (Å²) in [7, 11) is 0. The van der Waals surface area contributed by atoms with Crippen molar-refractivity contribution in [2.45, 2.75) is 20.8 Å². The van der Waals surface area contributed by atoms with E-state index >= 15 is 0 Å². The molecular formula is C36H29BN2.